The third kappa shape index (κ3) is 5.06. The second kappa shape index (κ2) is 9.90. The van der Waals surface area contributed by atoms with Gasteiger partial charge < -0.3 is 11.3 Å². The van der Waals surface area contributed by atoms with E-state index in [1.54, 1.807) is 0 Å². The maximum absolute atomic E-state index is 4.25. The van der Waals surface area contributed by atoms with Crippen LogP contribution in [0.5, 0.6) is 0 Å². The van der Waals surface area contributed by atoms with E-state index in [0.29, 0.717) is 0 Å². The molecular weight excluding hydrogens is 314 g/mol. The molecular formula is C9H14N4RbS2+. The summed E-state index contributed by atoms with van der Waals surface area (Å²) < 4.78 is 6.18. The first-order chi connectivity index (χ1) is 7.40. The minimum absolute atomic E-state index is 0. The molecule has 2 aromatic heterocycles. The van der Waals surface area contributed by atoms with Crippen LogP contribution in [0.1, 0.15) is 27.2 Å². The van der Waals surface area contributed by atoms with Crippen LogP contribution in [0.25, 0.3) is 9.88 Å². The van der Waals surface area contributed by atoms with Gasteiger partial charge in [-0.2, -0.15) is 0 Å². The van der Waals surface area contributed by atoms with Crippen LogP contribution in [0, 0.1) is 5.51 Å². The van der Waals surface area contributed by atoms with Crippen LogP contribution in [-0.2, 0) is 6.54 Å². The molecule has 0 amide bonds. The monoisotopic (exact) mass is 327 g/mol. The molecule has 0 N–H and O–H groups in total. The quantitative estimate of drug-likeness (QED) is 0.547. The molecule has 0 atom stereocenters. The fraction of sp³-hybridized carbons (Fsp3) is 0.556. The smallest absolute Gasteiger partial charge is 0.310 e. The molecule has 82 valence electrons. The van der Waals surface area contributed by atoms with Crippen molar-refractivity contribution in [3.05, 3.63) is 11.7 Å². The molecule has 2 heterocycles. The Labute approximate surface area is 153 Å². The van der Waals surface area contributed by atoms with Crippen molar-refractivity contribution in [3.8, 4) is 9.88 Å². The zero-order valence-electron chi connectivity index (χ0n) is 10.1. The number of hydrogen-bond acceptors (Lipinski definition) is 5. The Balaban J connectivity index is 0.000000711. The van der Waals surface area contributed by atoms with Gasteiger partial charge in [0.2, 0.25) is 6.20 Å². The predicted octanol–water partition coefficient (Wildman–Crippen LogP) is -0.811. The summed E-state index contributed by atoms with van der Waals surface area (Å²) >= 11 is 2.87. The molecule has 0 aliphatic rings. The fourth-order valence-corrected chi connectivity index (χ4v) is 2.21. The Morgan fingerprint density at radius 1 is 1.44 bits per heavy atom. The van der Waals surface area contributed by atoms with Gasteiger partial charge in [0.05, 0.1) is 9.37 Å². The van der Waals surface area contributed by atoms with Crippen LogP contribution in [0.4, 0.5) is 0 Å². The average Bonchev–Trinajstić information content (AvgIpc) is 2.89. The molecule has 2 aromatic rings. The molecule has 4 nitrogen and oxygen atoms in total. The van der Waals surface area contributed by atoms with Gasteiger partial charge in [-0.3, -0.25) is 10.2 Å². The van der Waals surface area contributed by atoms with E-state index in [1.165, 1.54) is 22.9 Å². The van der Waals surface area contributed by atoms with Gasteiger partial charge in [0.15, 0.2) is 6.54 Å². The summed E-state index contributed by atoms with van der Waals surface area (Å²) in [4.78, 5) is 1.06. The summed E-state index contributed by atoms with van der Waals surface area (Å²) in [5.74, 6) is 0. The maximum Gasteiger partial charge on any atom is 1.00 e. The van der Waals surface area contributed by atoms with Crippen molar-refractivity contribution in [1.82, 2.24) is 14.7 Å². The molecule has 0 fully saturated rings. The molecule has 7 heteroatoms. The number of rotatable bonds is 3. The normalized spacial score (nSPS) is 8.94. The average molecular weight is 328 g/mol. The zero-order valence-corrected chi connectivity index (χ0v) is 16.6. The first-order valence-electron chi connectivity index (χ1n) is 4.96. The van der Waals surface area contributed by atoms with Crippen molar-refractivity contribution in [2.75, 3.05) is 0 Å². The van der Waals surface area contributed by atoms with Gasteiger partial charge in [0.25, 0.3) is 0 Å². The number of hydrogen-bond donors (Lipinski definition) is 0. The molecule has 0 bridgehead atoms. The van der Waals surface area contributed by atoms with Crippen LogP contribution in [0.3, 0.4) is 0 Å². The number of nitrogens with zero attached hydrogens (tertiary/aromatic N) is 4. The van der Waals surface area contributed by atoms with E-state index in [4.69, 9.17) is 0 Å². The van der Waals surface area contributed by atoms with Crippen molar-refractivity contribution >= 4 is 22.9 Å². The molecule has 0 saturated heterocycles. The number of aryl methyl sites for hydroxylation is 1. The largest absolute Gasteiger partial charge is 1.00 e. The minimum Gasteiger partial charge on any atom is -0.310 e. The first-order valence-corrected chi connectivity index (χ1v) is 6.55. The molecule has 0 aliphatic heterocycles. The Hall–Kier alpha value is 0.925. The first kappa shape index (κ1) is 16.9. The van der Waals surface area contributed by atoms with E-state index in [-0.39, 0.29) is 58.2 Å². The van der Waals surface area contributed by atoms with E-state index in [2.05, 4.69) is 27.1 Å². The van der Waals surface area contributed by atoms with Gasteiger partial charge >= 0.3 is 58.2 Å². The van der Waals surface area contributed by atoms with Crippen molar-refractivity contribution in [2.45, 2.75) is 33.7 Å². The second-order valence-electron chi connectivity index (χ2n) is 2.53. The fourth-order valence-electron chi connectivity index (χ4n) is 0.957. The molecule has 2 rings (SSSR count). The number of aromatic nitrogens is 4. The molecule has 16 heavy (non-hydrogen) atoms. The minimum atomic E-state index is 0. The van der Waals surface area contributed by atoms with Gasteiger partial charge in [-0.15, -0.1) is 0 Å². The van der Waals surface area contributed by atoms with Crippen molar-refractivity contribution in [1.29, 1.82) is 0 Å². The predicted molar refractivity (Wildman–Crippen MR) is 61.7 cm³/mol. The summed E-state index contributed by atoms with van der Waals surface area (Å²) in [6.07, 6.45) is 3.10. The molecule has 0 spiro atoms. The maximum atomic E-state index is 4.25. The van der Waals surface area contributed by atoms with Crippen LogP contribution in [0.15, 0.2) is 6.20 Å². The Bertz CT molecular complexity index is 375. The molecule has 0 radical (unpaired) electrons. The van der Waals surface area contributed by atoms with Gasteiger partial charge in [-0.1, -0.05) is 31.0 Å². The summed E-state index contributed by atoms with van der Waals surface area (Å²) in [7, 11) is 0. The van der Waals surface area contributed by atoms with E-state index in [9.17, 15) is 0 Å². The zero-order chi connectivity index (χ0) is 11.1. The summed E-state index contributed by atoms with van der Waals surface area (Å²) in [5.41, 5.74) is 2.72. The third-order valence-electron chi connectivity index (χ3n) is 1.50. The van der Waals surface area contributed by atoms with Gasteiger partial charge in [0, 0.05) is 23.0 Å². The second-order valence-corrected chi connectivity index (χ2v) is 4.09. The van der Waals surface area contributed by atoms with Gasteiger partial charge in [-0.25, -0.2) is 0 Å². The van der Waals surface area contributed by atoms with Crippen molar-refractivity contribution < 1.29 is 62.9 Å². The van der Waals surface area contributed by atoms with Crippen LogP contribution >= 0.6 is 22.9 Å². The van der Waals surface area contributed by atoms with E-state index < -0.39 is 0 Å². The van der Waals surface area contributed by atoms with E-state index in [0.717, 1.165) is 22.9 Å². The standard InChI is InChI=1S/C7H8N4S2.C2H6.Rb/c1-2-3-11-4-6(13-10-11)7-9-8-5-12-7;1-2;/h4H,2-3H2,1H3;1-2H3;/q;;+1. The summed E-state index contributed by atoms with van der Waals surface area (Å²) in [5, 5.41) is 8.49. The summed E-state index contributed by atoms with van der Waals surface area (Å²) in [6.45, 7) is 7.09. The molecule has 0 unspecified atom stereocenters. The molecule has 0 aliphatic carbocycles. The molecule has 0 aromatic carbocycles. The van der Waals surface area contributed by atoms with Gasteiger partial charge in [0.1, 0.15) is 0 Å². The van der Waals surface area contributed by atoms with Crippen LogP contribution in [-0.4, -0.2) is 14.7 Å². The Morgan fingerprint density at radius 2 is 2.19 bits per heavy atom. The third-order valence-corrected chi connectivity index (χ3v) is 3.08. The Morgan fingerprint density at radius 3 is 2.75 bits per heavy atom. The molecule has 0 saturated carbocycles. The topological polar surface area (TPSA) is 42.5 Å². The summed E-state index contributed by atoms with van der Waals surface area (Å²) in [6, 6.07) is 0. The van der Waals surface area contributed by atoms with Crippen molar-refractivity contribution in [3.63, 3.8) is 0 Å². The van der Waals surface area contributed by atoms with Crippen LogP contribution < -0.4 is 62.9 Å². The van der Waals surface area contributed by atoms with Gasteiger partial charge in [-0.05, 0) is 0 Å². The SMILES string of the molecule is CC.CCC[n+]1cc(-c2nn[c-]s2)sn1.[Rb+]. The van der Waals surface area contributed by atoms with Crippen LogP contribution in [0.2, 0.25) is 0 Å². The van der Waals surface area contributed by atoms with Crippen molar-refractivity contribution in [2.24, 2.45) is 0 Å². The Kier molecular flexibility index (Phi) is 10.5. The van der Waals surface area contributed by atoms with E-state index >= 15 is 0 Å². The van der Waals surface area contributed by atoms with E-state index in [1.807, 2.05) is 24.7 Å².